The van der Waals surface area contributed by atoms with Gasteiger partial charge in [0.15, 0.2) is 11.6 Å². The Bertz CT molecular complexity index is 1030. The number of non-ortho nitro benzene ring substituents is 1. The van der Waals surface area contributed by atoms with Gasteiger partial charge in [0.25, 0.3) is 5.69 Å². The zero-order valence-electron chi connectivity index (χ0n) is 12.8. The Balaban J connectivity index is 1.77. The van der Waals surface area contributed by atoms with E-state index in [4.69, 9.17) is 4.42 Å². The van der Waals surface area contributed by atoms with Crippen molar-refractivity contribution in [3.8, 4) is 22.9 Å². The number of nitrogens with one attached hydrogen (secondary N) is 1. The highest BCUT2D eigenvalue weighted by Crippen LogP contribution is 2.32. The number of H-pyrrole nitrogens is 1. The number of benzene rings is 2. The average molecular weight is 319 g/mol. The summed E-state index contributed by atoms with van der Waals surface area (Å²) in [6.45, 7) is 1.89. The molecule has 0 unspecified atom stereocenters. The Hall–Kier alpha value is -3.41. The fourth-order valence-electron chi connectivity index (χ4n) is 2.67. The van der Waals surface area contributed by atoms with Crippen LogP contribution in [0.2, 0.25) is 0 Å². The first-order valence-corrected chi connectivity index (χ1v) is 7.42. The lowest BCUT2D eigenvalue weighted by molar-refractivity contribution is -0.384. The standard InChI is InChI=1S/C18H13N3O3/c1-11-6-7-12(21(22)23)10-13(11)16-8-9-17(24-16)18-19-14-4-2-3-5-15(14)20-18/h2-10H,1H3,(H,19,20). The number of rotatable bonds is 3. The minimum absolute atomic E-state index is 0.0392. The first-order valence-electron chi connectivity index (χ1n) is 7.42. The van der Waals surface area contributed by atoms with E-state index in [0.717, 1.165) is 16.6 Å². The first-order chi connectivity index (χ1) is 11.6. The number of aryl methyl sites for hydroxylation is 1. The van der Waals surface area contributed by atoms with Crippen LogP contribution in [0.1, 0.15) is 5.56 Å². The van der Waals surface area contributed by atoms with E-state index in [0.29, 0.717) is 22.9 Å². The van der Waals surface area contributed by atoms with Crippen molar-refractivity contribution in [1.82, 2.24) is 9.97 Å². The third-order valence-corrected chi connectivity index (χ3v) is 3.93. The second-order valence-electron chi connectivity index (χ2n) is 5.52. The second-order valence-corrected chi connectivity index (χ2v) is 5.52. The molecule has 0 aliphatic rings. The molecule has 6 nitrogen and oxygen atoms in total. The summed E-state index contributed by atoms with van der Waals surface area (Å²) in [6, 6.07) is 16.1. The Kier molecular flexibility index (Phi) is 3.16. The molecule has 118 valence electrons. The van der Waals surface area contributed by atoms with Crippen LogP contribution < -0.4 is 0 Å². The van der Waals surface area contributed by atoms with Crippen molar-refractivity contribution in [2.24, 2.45) is 0 Å². The van der Waals surface area contributed by atoms with Gasteiger partial charge in [-0.05, 0) is 36.8 Å². The number of nitrogens with zero attached hydrogens (tertiary/aromatic N) is 2. The van der Waals surface area contributed by atoms with Crippen LogP contribution in [0.3, 0.4) is 0 Å². The molecule has 24 heavy (non-hydrogen) atoms. The van der Waals surface area contributed by atoms with Crippen LogP contribution in [-0.2, 0) is 0 Å². The largest absolute Gasteiger partial charge is 0.453 e. The maximum absolute atomic E-state index is 11.0. The summed E-state index contributed by atoms with van der Waals surface area (Å²) in [5.74, 6) is 1.80. The van der Waals surface area contributed by atoms with Crippen LogP contribution in [0.4, 0.5) is 5.69 Å². The molecule has 0 aliphatic heterocycles. The van der Waals surface area contributed by atoms with Gasteiger partial charge >= 0.3 is 0 Å². The van der Waals surface area contributed by atoms with Gasteiger partial charge in [-0.3, -0.25) is 10.1 Å². The Morgan fingerprint density at radius 2 is 1.88 bits per heavy atom. The van der Waals surface area contributed by atoms with Crippen LogP contribution >= 0.6 is 0 Å². The van der Waals surface area contributed by atoms with Crippen LogP contribution in [0.15, 0.2) is 59.0 Å². The molecular formula is C18H13N3O3. The molecule has 0 fully saturated rings. The van der Waals surface area contributed by atoms with Crippen molar-refractivity contribution in [2.75, 3.05) is 0 Å². The van der Waals surface area contributed by atoms with Gasteiger partial charge in [0, 0.05) is 17.7 Å². The number of hydrogen-bond acceptors (Lipinski definition) is 4. The molecule has 0 aliphatic carbocycles. The minimum atomic E-state index is -0.411. The van der Waals surface area contributed by atoms with Crippen LogP contribution in [0.25, 0.3) is 33.9 Å². The maximum Gasteiger partial charge on any atom is 0.270 e. The summed E-state index contributed by atoms with van der Waals surface area (Å²) >= 11 is 0. The van der Waals surface area contributed by atoms with E-state index in [1.807, 2.05) is 37.3 Å². The molecule has 0 atom stereocenters. The van der Waals surface area contributed by atoms with E-state index in [-0.39, 0.29) is 5.69 Å². The summed E-state index contributed by atoms with van der Waals surface area (Å²) in [5.41, 5.74) is 3.43. The lowest BCUT2D eigenvalue weighted by Gasteiger charge is -2.02. The fourth-order valence-corrected chi connectivity index (χ4v) is 2.67. The number of fused-ring (bicyclic) bond motifs is 1. The van der Waals surface area contributed by atoms with Gasteiger partial charge in [-0.15, -0.1) is 0 Å². The zero-order valence-corrected chi connectivity index (χ0v) is 12.8. The zero-order chi connectivity index (χ0) is 16.7. The second kappa shape index (κ2) is 5.34. The molecule has 4 aromatic rings. The molecule has 2 aromatic heterocycles. The molecule has 0 saturated heterocycles. The average Bonchev–Trinajstić information content (AvgIpc) is 3.21. The van der Waals surface area contributed by atoms with E-state index < -0.39 is 4.92 Å². The van der Waals surface area contributed by atoms with Crippen molar-refractivity contribution in [2.45, 2.75) is 6.92 Å². The molecule has 0 bridgehead atoms. The van der Waals surface area contributed by atoms with Gasteiger partial charge in [-0.25, -0.2) is 4.98 Å². The maximum atomic E-state index is 11.0. The molecule has 0 radical (unpaired) electrons. The highest BCUT2D eigenvalue weighted by atomic mass is 16.6. The predicted molar refractivity (Wildman–Crippen MR) is 90.6 cm³/mol. The van der Waals surface area contributed by atoms with E-state index in [2.05, 4.69) is 9.97 Å². The van der Waals surface area contributed by atoms with Crippen molar-refractivity contribution in [3.63, 3.8) is 0 Å². The van der Waals surface area contributed by atoms with E-state index in [1.54, 1.807) is 12.1 Å². The lowest BCUT2D eigenvalue weighted by Crippen LogP contribution is -1.89. The van der Waals surface area contributed by atoms with Crippen molar-refractivity contribution in [3.05, 3.63) is 70.3 Å². The van der Waals surface area contributed by atoms with Crippen LogP contribution in [0.5, 0.6) is 0 Å². The molecule has 4 rings (SSSR count). The number of furan rings is 1. The van der Waals surface area contributed by atoms with Gasteiger partial charge < -0.3 is 9.40 Å². The summed E-state index contributed by atoms with van der Waals surface area (Å²) in [5, 5.41) is 11.0. The smallest absolute Gasteiger partial charge is 0.270 e. The summed E-state index contributed by atoms with van der Waals surface area (Å²) in [6.07, 6.45) is 0. The lowest BCUT2D eigenvalue weighted by atomic mass is 10.1. The molecule has 2 heterocycles. The van der Waals surface area contributed by atoms with Crippen LogP contribution in [-0.4, -0.2) is 14.9 Å². The van der Waals surface area contributed by atoms with Crippen LogP contribution in [0, 0.1) is 17.0 Å². The molecule has 1 N–H and O–H groups in total. The minimum Gasteiger partial charge on any atom is -0.453 e. The number of nitro groups is 1. The van der Waals surface area contributed by atoms with E-state index in [1.165, 1.54) is 12.1 Å². The molecular weight excluding hydrogens is 306 g/mol. The first kappa shape index (κ1) is 14.2. The van der Waals surface area contributed by atoms with Gasteiger partial charge in [0.1, 0.15) is 5.76 Å². The summed E-state index contributed by atoms with van der Waals surface area (Å²) in [4.78, 5) is 18.3. The number of imidazole rings is 1. The van der Waals surface area contributed by atoms with Crippen molar-refractivity contribution < 1.29 is 9.34 Å². The number of aromatic amines is 1. The Morgan fingerprint density at radius 1 is 1.08 bits per heavy atom. The Morgan fingerprint density at radius 3 is 2.67 bits per heavy atom. The van der Waals surface area contributed by atoms with Crippen molar-refractivity contribution in [1.29, 1.82) is 0 Å². The highest BCUT2D eigenvalue weighted by Gasteiger charge is 2.15. The molecule has 2 aromatic carbocycles. The van der Waals surface area contributed by atoms with E-state index >= 15 is 0 Å². The van der Waals surface area contributed by atoms with Gasteiger partial charge in [-0.1, -0.05) is 18.2 Å². The third-order valence-electron chi connectivity index (χ3n) is 3.93. The SMILES string of the molecule is Cc1ccc([N+](=O)[O-])cc1-c1ccc(-c2nc3ccccc3[nH]2)o1. The highest BCUT2D eigenvalue weighted by molar-refractivity contribution is 5.78. The summed E-state index contributed by atoms with van der Waals surface area (Å²) in [7, 11) is 0. The number of nitro benzene ring substituents is 1. The molecule has 0 saturated carbocycles. The van der Waals surface area contributed by atoms with Crippen molar-refractivity contribution >= 4 is 16.7 Å². The topological polar surface area (TPSA) is 85.0 Å². The predicted octanol–water partition coefficient (Wildman–Crippen LogP) is 4.71. The fraction of sp³-hybridized carbons (Fsp3) is 0.0556. The summed E-state index contributed by atoms with van der Waals surface area (Å²) < 4.78 is 5.88. The normalized spacial score (nSPS) is 11.0. The Labute approximate surface area is 136 Å². The number of aromatic nitrogens is 2. The van der Waals surface area contributed by atoms with E-state index in [9.17, 15) is 10.1 Å². The molecule has 6 heteroatoms. The number of hydrogen-bond donors (Lipinski definition) is 1. The third kappa shape index (κ3) is 2.34. The van der Waals surface area contributed by atoms with Gasteiger partial charge in [-0.2, -0.15) is 0 Å². The quantitative estimate of drug-likeness (QED) is 0.438. The molecule has 0 spiro atoms. The van der Waals surface area contributed by atoms with Gasteiger partial charge in [0.2, 0.25) is 0 Å². The molecule has 0 amide bonds. The monoisotopic (exact) mass is 319 g/mol. The van der Waals surface area contributed by atoms with Gasteiger partial charge in [0.05, 0.1) is 16.0 Å². The number of para-hydroxylation sites is 2.